The van der Waals surface area contributed by atoms with E-state index in [0.29, 0.717) is 29.7 Å². The quantitative estimate of drug-likeness (QED) is 0.881. The van der Waals surface area contributed by atoms with E-state index in [9.17, 15) is 5.11 Å². The van der Waals surface area contributed by atoms with Crippen molar-refractivity contribution in [2.75, 3.05) is 19.6 Å². The van der Waals surface area contributed by atoms with Gasteiger partial charge in [-0.25, -0.2) is 0 Å². The molecule has 0 aromatic heterocycles. The summed E-state index contributed by atoms with van der Waals surface area (Å²) in [5, 5.41) is 13.6. The Balaban J connectivity index is 1.80. The second-order valence-corrected chi connectivity index (χ2v) is 7.94. The number of fused-ring (bicyclic) bond motifs is 1. The first-order valence-electron chi connectivity index (χ1n) is 8.67. The SMILES string of the molecule is CC(C)[C@H]1CN2CC(C)[C@](C)(c3cccc(O)c3)CC2CN1. The van der Waals surface area contributed by atoms with Crippen molar-refractivity contribution in [2.45, 2.75) is 51.6 Å². The number of phenolic OH excluding ortho intramolecular Hbond substituents is 1. The van der Waals surface area contributed by atoms with E-state index in [0.717, 1.165) is 19.5 Å². The fraction of sp³-hybridized carbons (Fsp3) is 0.684. The van der Waals surface area contributed by atoms with Gasteiger partial charge in [0.05, 0.1) is 0 Å². The Hall–Kier alpha value is -1.06. The summed E-state index contributed by atoms with van der Waals surface area (Å²) in [5.41, 5.74) is 1.43. The minimum atomic E-state index is 0.145. The predicted molar refractivity (Wildman–Crippen MR) is 91.2 cm³/mol. The number of nitrogens with one attached hydrogen (secondary N) is 1. The van der Waals surface area contributed by atoms with E-state index in [2.05, 4.69) is 44.0 Å². The molecule has 1 aromatic rings. The van der Waals surface area contributed by atoms with Gasteiger partial charge in [0.25, 0.3) is 0 Å². The zero-order chi connectivity index (χ0) is 15.9. The van der Waals surface area contributed by atoms with E-state index < -0.39 is 0 Å². The third kappa shape index (κ3) is 2.77. The predicted octanol–water partition coefficient (Wildman–Crippen LogP) is 2.99. The summed E-state index contributed by atoms with van der Waals surface area (Å²) in [6.45, 7) is 12.8. The lowest BCUT2D eigenvalue weighted by molar-refractivity contribution is 0.0177. The number of hydrogen-bond acceptors (Lipinski definition) is 3. The molecule has 3 rings (SSSR count). The van der Waals surface area contributed by atoms with Crippen LogP contribution in [0, 0.1) is 11.8 Å². The number of hydrogen-bond donors (Lipinski definition) is 2. The molecule has 0 amide bonds. The number of nitrogens with zero attached hydrogens (tertiary/aromatic N) is 1. The molecule has 2 unspecified atom stereocenters. The molecule has 2 saturated heterocycles. The minimum Gasteiger partial charge on any atom is -0.508 e. The van der Waals surface area contributed by atoms with E-state index in [1.807, 2.05) is 12.1 Å². The number of piperidine rings is 1. The summed E-state index contributed by atoms with van der Waals surface area (Å²) in [4.78, 5) is 2.69. The van der Waals surface area contributed by atoms with E-state index in [1.165, 1.54) is 12.1 Å². The third-order valence-corrected chi connectivity index (χ3v) is 6.13. The van der Waals surface area contributed by atoms with Crippen molar-refractivity contribution in [3.63, 3.8) is 0 Å². The van der Waals surface area contributed by atoms with Crippen molar-refractivity contribution in [1.82, 2.24) is 10.2 Å². The Morgan fingerprint density at radius 1 is 1.32 bits per heavy atom. The standard InChI is InChI=1S/C19H30N2O/c1-13(2)18-12-21-11-14(3)19(4,9-16(21)10-20-18)15-6-5-7-17(22)8-15/h5-8,13-14,16,18,20,22H,9-12H2,1-4H3/t14?,16?,18-,19-/m1/s1. The second-order valence-electron chi connectivity index (χ2n) is 7.94. The van der Waals surface area contributed by atoms with Crippen LogP contribution in [0.25, 0.3) is 0 Å². The summed E-state index contributed by atoms with van der Waals surface area (Å²) in [7, 11) is 0. The Bertz CT molecular complexity index is 530. The molecule has 3 nitrogen and oxygen atoms in total. The average Bonchev–Trinajstić information content (AvgIpc) is 2.48. The number of phenols is 1. The minimum absolute atomic E-state index is 0.145. The van der Waals surface area contributed by atoms with Crippen molar-refractivity contribution >= 4 is 0 Å². The van der Waals surface area contributed by atoms with Crippen LogP contribution < -0.4 is 5.32 Å². The van der Waals surface area contributed by atoms with Crippen molar-refractivity contribution in [1.29, 1.82) is 0 Å². The first-order valence-corrected chi connectivity index (χ1v) is 8.67. The lowest BCUT2D eigenvalue weighted by Gasteiger charge is -2.53. The smallest absolute Gasteiger partial charge is 0.115 e. The fourth-order valence-electron chi connectivity index (χ4n) is 4.26. The molecule has 3 heteroatoms. The number of aromatic hydroxyl groups is 1. The van der Waals surface area contributed by atoms with Crippen molar-refractivity contribution < 1.29 is 5.11 Å². The molecular weight excluding hydrogens is 272 g/mol. The largest absolute Gasteiger partial charge is 0.508 e. The van der Waals surface area contributed by atoms with Gasteiger partial charge < -0.3 is 10.4 Å². The lowest BCUT2D eigenvalue weighted by atomic mass is 9.65. The molecule has 0 saturated carbocycles. The molecule has 4 atom stereocenters. The maximum absolute atomic E-state index is 9.85. The van der Waals surface area contributed by atoms with Gasteiger partial charge in [-0.1, -0.05) is 39.8 Å². The number of benzene rings is 1. The molecule has 1 aromatic carbocycles. The van der Waals surface area contributed by atoms with Gasteiger partial charge in [-0.05, 0) is 41.4 Å². The summed E-state index contributed by atoms with van der Waals surface area (Å²) in [6, 6.07) is 9.11. The van der Waals surface area contributed by atoms with E-state index >= 15 is 0 Å². The highest BCUT2D eigenvalue weighted by Gasteiger charge is 2.44. The first-order chi connectivity index (χ1) is 10.4. The molecule has 0 spiro atoms. The van der Waals surface area contributed by atoms with Gasteiger partial charge in [0.15, 0.2) is 0 Å². The van der Waals surface area contributed by atoms with Crippen LogP contribution in [-0.4, -0.2) is 41.7 Å². The zero-order valence-corrected chi connectivity index (χ0v) is 14.3. The van der Waals surface area contributed by atoms with Gasteiger partial charge in [-0.2, -0.15) is 0 Å². The highest BCUT2D eigenvalue weighted by Crippen LogP contribution is 2.43. The summed E-state index contributed by atoms with van der Waals surface area (Å²) < 4.78 is 0. The van der Waals surface area contributed by atoms with E-state index in [-0.39, 0.29) is 5.41 Å². The molecule has 0 aliphatic carbocycles. The van der Waals surface area contributed by atoms with Gasteiger partial charge in [0, 0.05) is 31.7 Å². The van der Waals surface area contributed by atoms with Gasteiger partial charge in [0.2, 0.25) is 0 Å². The lowest BCUT2D eigenvalue weighted by Crippen LogP contribution is -2.64. The van der Waals surface area contributed by atoms with Crippen molar-refractivity contribution in [3.05, 3.63) is 29.8 Å². The highest BCUT2D eigenvalue weighted by atomic mass is 16.3. The maximum Gasteiger partial charge on any atom is 0.115 e. The van der Waals surface area contributed by atoms with E-state index in [4.69, 9.17) is 0 Å². The monoisotopic (exact) mass is 302 g/mol. The summed E-state index contributed by atoms with van der Waals surface area (Å²) in [6.07, 6.45) is 1.16. The van der Waals surface area contributed by atoms with Crippen LogP contribution in [0.3, 0.4) is 0 Å². The van der Waals surface area contributed by atoms with Crippen LogP contribution in [-0.2, 0) is 5.41 Å². The van der Waals surface area contributed by atoms with Gasteiger partial charge in [-0.15, -0.1) is 0 Å². The maximum atomic E-state index is 9.85. The average molecular weight is 302 g/mol. The van der Waals surface area contributed by atoms with Crippen molar-refractivity contribution in [3.8, 4) is 5.75 Å². The molecule has 0 radical (unpaired) electrons. The molecule has 2 aliphatic heterocycles. The molecule has 2 heterocycles. The second kappa shape index (κ2) is 5.86. The van der Waals surface area contributed by atoms with Gasteiger partial charge in [-0.3, -0.25) is 4.90 Å². The van der Waals surface area contributed by atoms with Crippen LogP contribution in [0.4, 0.5) is 0 Å². The molecule has 22 heavy (non-hydrogen) atoms. The highest BCUT2D eigenvalue weighted by molar-refractivity contribution is 5.34. The Labute approximate surface area is 134 Å². The molecule has 2 aliphatic rings. The van der Waals surface area contributed by atoms with Crippen LogP contribution in [0.1, 0.15) is 39.7 Å². The Morgan fingerprint density at radius 3 is 2.77 bits per heavy atom. The number of rotatable bonds is 2. The van der Waals surface area contributed by atoms with Crippen LogP contribution in [0.15, 0.2) is 24.3 Å². The van der Waals surface area contributed by atoms with Crippen molar-refractivity contribution in [2.24, 2.45) is 11.8 Å². The normalized spacial score (nSPS) is 36.3. The molecule has 2 N–H and O–H groups in total. The van der Waals surface area contributed by atoms with Crippen LogP contribution in [0.5, 0.6) is 5.75 Å². The molecule has 2 fully saturated rings. The Morgan fingerprint density at radius 2 is 2.09 bits per heavy atom. The first kappa shape index (κ1) is 15.8. The van der Waals surface area contributed by atoms with Crippen LogP contribution >= 0.6 is 0 Å². The molecule has 122 valence electrons. The molecular formula is C19H30N2O. The zero-order valence-electron chi connectivity index (χ0n) is 14.3. The topological polar surface area (TPSA) is 35.5 Å². The van der Waals surface area contributed by atoms with Gasteiger partial charge >= 0.3 is 0 Å². The third-order valence-electron chi connectivity index (χ3n) is 6.13. The summed E-state index contributed by atoms with van der Waals surface area (Å²) in [5.74, 6) is 1.67. The number of piperazine rings is 1. The molecule has 0 bridgehead atoms. The Kier molecular flexibility index (Phi) is 4.21. The van der Waals surface area contributed by atoms with Gasteiger partial charge in [0.1, 0.15) is 5.75 Å². The van der Waals surface area contributed by atoms with E-state index in [1.54, 1.807) is 6.07 Å². The van der Waals surface area contributed by atoms with Crippen LogP contribution in [0.2, 0.25) is 0 Å². The summed E-state index contributed by atoms with van der Waals surface area (Å²) >= 11 is 0. The fourth-order valence-corrected chi connectivity index (χ4v) is 4.26.